The number of benzene rings is 2. The van der Waals surface area contributed by atoms with Crippen LogP contribution in [0, 0.1) is 5.92 Å². The Morgan fingerprint density at radius 1 is 1.05 bits per heavy atom. The molecule has 4 rings (SSSR count). The minimum atomic E-state index is -0.0362. The van der Waals surface area contributed by atoms with Crippen molar-refractivity contribution in [3.05, 3.63) is 89.1 Å². The molecule has 1 N–H and O–H groups in total. The van der Waals surface area contributed by atoms with Crippen LogP contribution in [0.1, 0.15) is 41.0 Å². The van der Waals surface area contributed by atoms with Crippen LogP contribution in [0.2, 0.25) is 0 Å². The summed E-state index contributed by atoms with van der Waals surface area (Å²) >= 11 is 1.58. The fraction of sp³-hybridized carbons (Fsp3) is 0.387. The molecule has 1 amide bonds. The summed E-state index contributed by atoms with van der Waals surface area (Å²) < 4.78 is 5.39. The van der Waals surface area contributed by atoms with E-state index in [-0.39, 0.29) is 5.91 Å². The molecule has 1 fully saturated rings. The molecule has 1 saturated heterocycles. The SMILES string of the molecule is COCc1cc(N2CCN(C/C=C/c3ccccc3)CC2)nc(SCc2cccc(C(=O)NCC(C)C)c2)n1. The molecule has 2 aromatic carbocycles. The standard InChI is InChI=1S/C31H39N5O2S/c1-24(2)21-32-30(37)27-13-7-11-26(19-27)23-39-31-33-28(22-38-3)20-29(34-31)36-17-15-35(16-18-36)14-8-12-25-9-5-4-6-10-25/h4-13,19-20,24H,14-18,21-23H2,1-3H3,(H,32,37)/b12-8+. The summed E-state index contributed by atoms with van der Waals surface area (Å²) in [5.41, 5.74) is 3.85. The van der Waals surface area contributed by atoms with E-state index in [4.69, 9.17) is 14.7 Å². The van der Waals surface area contributed by atoms with Crippen molar-refractivity contribution in [2.24, 2.45) is 5.92 Å². The first-order valence-electron chi connectivity index (χ1n) is 13.6. The first kappa shape index (κ1) is 28.8. The fourth-order valence-electron chi connectivity index (χ4n) is 4.32. The summed E-state index contributed by atoms with van der Waals surface area (Å²) in [5.74, 6) is 2.01. The fourth-order valence-corrected chi connectivity index (χ4v) is 5.13. The second kappa shape index (κ2) is 14.8. The number of hydrogen-bond acceptors (Lipinski definition) is 7. The molecule has 1 aliphatic heterocycles. The van der Waals surface area contributed by atoms with Crippen LogP contribution < -0.4 is 10.2 Å². The lowest BCUT2D eigenvalue weighted by molar-refractivity contribution is 0.0949. The van der Waals surface area contributed by atoms with Crippen LogP contribution >= 0.6 is 11.8 Å². The van der Waals surface area contributed by atoms with E-state index >= 15 is 0 Å². The highest BCUT2D eigenvalue weighted by atomic mass is 32.2. The van der Waals surface area contributed by atoms with E-state index in [0.717, 1.165) is 55.0 Å². The van der Waals surface area contributed by atoms with Crippen LogP contribution in [-0.4, -0.2) is 67.2 Å². The zero-order chi connectivity index (χ0) is 27.5. The summed E-state index contributed by atoms with van der Waals surface area (Å²) in [6.45, 7) is 10.0. The van der Waals surface area contributed by atoms with E-state index in [1.54, 1.807) is 18.9 Å². The van der Waals surface area contributed by atoms with Gasteiger partial charge in [-0.25, -0.2) is 9.97 Å². The topological polar surface area (TPSA) is 70.6 Å². The number of methoxy groups -OCH3 is 1. The van der Waals surface area contributed by atoms with Gasteiger partial charge in [-0.15, -0.1) is 0 Å². The van der Waals surface area contributed by atoms with Crippen LogP contribution in [0.5, 0.6) is 0 Å². The molecular weight excluding hydrogens is 506 g/mol. The molecule has 2 heterocycles. The molecule has 0 bridgehead atoms. The third-order valence-electron chi connectivity index (χ3n) is 6.44. The minimum Gasteiger partial charge on any atom is -0.378 e. The Labute approximate surface area is 236 Å². The van der Waals surface area contributed by atoms with E-state index in [0.29, 0.717) is 30.4 Å². The van der Waals surface area contributed by atoms with E-state index in [9.17, 15) is 4.79 Å². The van der Waals surface area contributed by atoms with Crippen molar-refractivity contribution in [1.29, 1.82) is 0 Å². The van der Waals surface area contributed by atoms with Gasteiger partial charge in [-0.05, 0) is 29.2 Å². The molecule has 0 unspecified atom stereocenters. The van der Waals surface area contributed by atoms with Crippen molar-refractivity contribution in [2.75, 3.05) is 51.3 Å². The Kier molecular flexibility index (Phi) is 10.9. The normalized spacial score (nSPS) is 14.3. The zero-order valence-corrected chi connectivity index (χ0v) is 24.0. The molecule has 1 aliphatic rings. The number of rotatable bonds is 12. The third kappa shape index (κ3) is 9.20. The Bertz CT molecular complexity index is 1230. The van der Waals surface area contributed by atoms with Crippen LogP contribution in [0.15, 0.2) is 71.9 Å². The molecule has 39 heavy (non-hydrogen) atoms. The average Bonchev–Trinajstić information content (AvgIpc) is 2.96. The lowest BCUT2D eigenvalue weighted by Gasteiger charge is -2.35. The Morgan fingerprint density at radius 3 is 2.59 bits per heavy atom. The molecule has 3 aromatic rings. The van der Waals surface area contributed by atoms with E-state index in [1.807, 2.05) is 36.4 Å². The molecule has 0 radical (unpaired) electrons. The predicted molar refractivity (Wildman–Crippen MR) is 160 cm³/mol. The summed E-state index contributed by atoms with van der Waals surface area (Å²) in [6.07, 6.45) is 4.43. The molecule has 0 saturated carbocycles. The van der Waals surface area contributed by atoms with E-state index in [2.05, 4.69) is 65.4 Å². The van der Waals surface area contributed by atoms with Gasteiger partial charge in [0.2, 0.25) is 0 Å². The molecule has 8 heteroatoms. The van der Waals surface area contributed by atoms with Crippen LogP contribution in [0.25, 0.3) is 6.08 Å². The molecule has 7 nitrogen and oxygen atoms in total. The van der Waals surface area contributed by atoms with Gasteiger partial charge in [-0.1, -0.05) is 80.2 Å². The van der Waals surface area contributed by atoms with E-state index in [1.165, 1.54) is 5.56 Å². The highest BCUT2D eigenvalue weighted by Gasteiger charge is 2.19. The Morgan fingerprint density at radius 2 is 1.85 bits per heavy atom. The number of nitrogens with one attached hydrogen (secondary N) is 1. The lowest BCUT2D eigenvalue weighted by Crippen LogP contribution is -2.46. The van der Waals surface area contributed by atoms with Gasteiger partial charge in [-0.2, -0.15) is 0 Å². The second-order valence-corrected chi connectivity index (χ2v) is 11.1. The van der Waals surface area contributed by atoms with Crippen LogP contribution in [-0.2, 0) is 17.1 Å². The average molecular weight is 546 g/mol. The maximum atomic E-state index is 12.5. The molecular formula is C31H39N5O2S. The molecule has 0 aliphatic carbocycles. The Balaban J connectivity index is 1.35. The summed E-state index contributed by atoms with van der Waals surface area (Å²) in [6, 6.07) is 20.2. The summed E-state index contributed by atoms with van der Waals surface area (Å²) in [5, 5.41) is 3.71. The minimum absolute atomic E-state index is 0.0362. The van der Waals surface area contributed by atoms with Gasteiger partial charge in [0.25, 0.3) is 5.91 Å². The highest BCUT2D eigenvalue weighted by molar-refractivity contribution is 7.98. The maximum Gasteiger partial charge on any atom is 0.251 e. The predicted octanol–water partition coefficient (Wildman–Crippen LogP) is 5.14. The number of aromatic nitrogens is 2. The second-order valence-electron chi connectivity index (χ2n) is 10.1. The number of amides is 1. The van der Waals surface area contributed by atoms with Crippen molar-refractivity contribution in [3.63, 3.8) is 0 Å². The van der Waals surface area contributed by atoms with Gasteiger partial charge in [0, 0.05) is 63.8 Å². The van der Waals surface area contributed by atoms with Gasteiger partial charge >= 0.3 is 0 Å². The van der Waals surface area contributed by atoms with Crippen molar-refractivity contribution in [2.45, 2.75) is 31.4 Å². The number of anilines is 1. The van der Waals surface area contributed by atoms with Gasteiger partial charge in [-0.3, -0.25) is 9.69 Å². The lowest BCUT2D eigenvalue weighted by atomic mass is 10.1. The number of carbonyl (C=O) groups is 1. The zero-order valence-electron chi connectivity index (χ0n) is 23.2. The van der Waals surface area contributed by atoms with Crippen molar-refractivity contribution in [1.82, 2.24) is 20.2 Å². The number of thioether (sulfide) groups is 1. The van der Waals surface area contributed by atoms with Crippen LogP contribution in [0.3, 0.4) is 0 Å². The first-order chi connectivity index (χ1) is 19.0. The molecule has 0 spiro atoms. The highest BCUT2D eigenvalue weighted by Crippen LogP contribution is 2.24. The van der Waals surface area contributed by atoms with Crippen molar-refractivity contribution in [3.8, 4) is 0 Å². The number of carbonyl (C=O) groups excluding carboxylic acids is 1. The van der Waals surface area contributed by atoms with Crippen molar-refractivity contribution >= 4 is 29.6 Å². The summed E-state index contributed by atoms with van der Waals surface area (Å²) in [7, 11) is 1.69. The third-order valence-corrected chi connectivity index (χ3v) is 7.35. The number of ether oxygens (including phenoxy) is 1. The smallest absolute Gasteiger partial charge is 0.251 e. The largest absolute Gasteiger partial charge is 0.378 e. The van der Waals surface area contributed by atoms with Gasteiger partial charge in [0.15, 0.2) is 5.16 Å². The van der Waals surface area contributed by atoms with Gasteiger partial charge in [0.1, 0.15) is 5.82 Å². The Hall–Kier alpha value is -3.20. The number of nitrogens with zero attached hydrogens (tertiary/aromatic N) is 4. The van der Waals surface area contributed by atoms with Gasteiger partial charge < -0.3 is 15.0 Å². The molecule has 1 aromatic heterocycles. The number of hydrogen-bond donors (Lipinski definition) is 1. The number of piperazine rings is 1. The van der Waals surface area contributed by atoms with Crippen molar-refractivity contribution < 1.29 is 9.53 Å². The monoisotopic (exact) mass is 545 g/mol. The first-order valence-corrected chi connectivity index (χ1v) is 14.5. The van der Waals surface area contributed by atoms with Crippen LogP contribution in [0.4, 0.5) is 5.82 Å². The molecule has 0 atom stereocenters. The molecule has 206 valence electrons. The quantitative estimate of drug-likeness (QED) is 0.250. The van der Waals surface area contributed by atoms with E-state index < -0.39 is 0 Å². The maximum absolute atomic E-state index is 12.5. The van der Waals surface area contributed by atoms with Gasteiger partial charge in [0.05, 0.1) is 12.3 Å². The summed E-state index contributed by atoms with van der Waals surface area (Å²) in [4.78, 5) is 26.9.